The molecule has 0 amide bonds. The summed E-state index contributed by atoms with van der Waals surface area (Å²) in [5, 5.41) is 6.53. The van der Waals surface area contributed by atoms with Gasteiger partial charge in [0.2, 0.25) is 4.77 Å². The fourth-order valence-electron chi connectivity index (χ4n) is 2.36. The van der Waals surface area contributed by atoms with Crippen LogP contribution in [0.4, 0.5) is 4.39 Å². The normalized spacial score (nSPS) is 10.6. The highest BCUT2D eigenvalue weighted by Crippen LogP contribution is 2.37. The van der Waals surface area contributed by atoms with Gasteiger partial charge in [-0.1, -0.05) is 34.1 Å². The van der Waals surface area contributed by atoms with Gasteiger partial charge < -0.3 is 14.9 Å². The van der Waals surface area contributed by atoms with Crippen molar-refractivity contribution in [3.8, 4) is 11.5 Å². The van der Waals surface area contributed by atoms with Gasteiger partial charge in [0.15, 0.2) is 11.5 Å². The summed E-state index contributed by atoms with van der Waals surface area (Å²) in [6.45, 7) is 0.468. The third kappa shape index (κ3) is 4.05. The molecule has 3 aromatic rings. The van der Waals surface area contributed by atoms with E-state index in [1.807, 2.05) is 6.07 Å². The van der Waals surface area contributed by atoms with E-state index in [4.69, 9.17) is 21.7 Å². The topological polar surface area (TPSA) is 64.1 Å². The summed E-state index contributed by atoms with van der Waals surface area (Å²) in [4.78, 5) is 0. The number of hydrogen-bond acceptors (Lipinski definition) is 5. The molecule has 1 heterocycles. The Morgan fingerprint density at radius 2 is 2.12 bits per heavy atom. The molecule has 1 aromatic heterocycles. The summed E-state index contributed by atoms with van der Waals surface area (Å²) in [5.41, 5.74) is 4.40. The SMILES string of the molecule is COc1ccc(Br)c(CNn2cn[nH]c2=S)c1OCc1ccccc1F. The maximum atomic E-state index is 13.9. The number of benzene rings is 2. The number of nitrogens with one attached hydrogen (secondary N) is 2. The molecule has 0 aliphatic carbocycles. The number of H-pyrrole nitrogens is 1. The van der Waals surface area contributed by atoms with E-state index < -0.39 is 0 Å². The number of aromatic amines is 1. The van der Waals surface area contributed by atoms with Gasteiger partial charge in [-0.15, -0.1) is 0 Å². The first kappa shape index (κ1) is 18.4. The Labute approximate surface area is 163 Å². The zero-order valence-corrected chi connectivity index (χ0v) is 16.2. The van der Waals surface area contributed by atoms with Gasteiger partial charge in [0.1, 0.15) is 18.8 Å². The predicted molar refractivity (Wildman–Crippen MR) is 102 cm³/mol. The predicted octanol–water partition coefficient (Wildman–Crippen LogP) is 4.17. The van der Waals surface area contributed by atoms with Crippen molar-refractivity contribution in [1.82, 2.24) is 14.9 Å². The van der Waals surface area contributed by atoms with Crippen LogP contribution < -0.4 is 14.9 Å². The van der Waals surface area contributed by atoms with Crippen LogP contribution in [0.5, 0.6) is 11.5 Å². The monoisotopic (exact) mass is 438 g/mol. The van der Waals surface area contributed by atoms with Crippen LogP contribution in [0.3, 0.4) is 0 Å². The highest BCUT2D eigenvalue weighted by Gasteiger charge is 2.16. The van der Waals surface area contributed by atoms with E-state index in [1.165, 1.54) is 12.4 Å². The van der Waals surface area contributed by atoms with Crippen molar-refractivity contribution in [2.24, 2.45) is 0 Å². The van der Waals surface area contributed by atoms with E-state index in [0.717, 1.165) is 10.0 Å². The molecular weight excluding hydrogens is 423 g/mol. The van der Waals surface area contributed by atoms with E-state index in [1.54, 1.807) is 36.1 Å². The minimum Gasteiger partial charge on any atom is -0.493 e. The summed E-state index contributed by atoms with van der Waals surface area (Å²) >= 11 is 8.64. The van der Waals surface area contributed by atoms with Gasteiger partial charge in [-0.05, 0) is 30.4 Å². The summed E-state index contributed by atoms with van der Waals surface area (Å²) in [6.07, 6.45) is 1.54. The molecule has 0 aliphatic heterocycles. The van der Waals surface area contributed by atoms with Gasteiger partial charge in [-0.2, -0.15) is 5.10 Å². The van der Waals surface area contributed by atoms with E-state index in [2.05, 4.69) is 31.6 Å². The average Bonchev–Trinajstić information content (AvgIpc) is 3.05. The average molecular weight is 439 g/mol. The molecule has 0 spiro atoms. The number of aromatic nitrogens is 3. The van der Waals surface area contributed by atoms with E-state index in [-0.39, 0.29) is 12.4 Å². The first-order valence-corrected chi connectivity index (χ1v) is 8.87. The van der Waals surface area contributed by atoms with Crippen LogP contribution in [-0.4, -0.2) is 22.0 Å². The number of ether oxygens (including phenoxy) is 2. The summed E-state index contributed by atoms with van der Waals surface area (Å²) in [5.74, 6) is 0.760. The fourth-order valence-corrected chi connectivity index (χ4v) is 2.97. The van der Waals surface area contributed by atoms with E-state index in [9.17, 15) is 4.39 Å². The molecule has 0 saturated carbocycles. The zero-order chi connectivity index (χ0) is 18.5. The van der Waals surface area contributed by atoms with Crippen LogP contribution >= 0.6 is 28.1 Å². The molecule has 9 heteroatoms. The van der Waals surface area contributed by atoms with Crippen LogP contribution in [-0.2, 0) is 13.2 Å². The number of nitrogens with zero attached hydrogens (tertiary/aromatic N) is 2. The quantitative estimate of drug-likeness (QED) is 0.541. The van der Waals surface area contributed by atoms with Crippen molar-refractivity contribution in [2.75, 3.05) is 12.5 Å². The van der Waals surface area contributed by atoms with E-state index in [0.29, 0.717) is 28.4 Å². The maximum Gasteiger partial charge on any atom is 0.214 e. The van der Waals surface area contributed by atoms with Gasteiger partial charge >= 0.3 is 0 Å². The molecule has 0 radical (unpaired) electrons. The largest absolute Gasteiger partial charge is 0.493 e. The van der Waals surface area contributed by atoms with E-state index >= 15 is 0 Å². The van der Waals surface area contributed by atoms with Gasteiger partial charge in [0.05, 0.1) is 13.7 Å². The van der Waals surface area contributed by atoms with Crippen LogP contribution in [0.15, 0.2) is 47.2 Å². The Balaban J connectivity index is 1.86. The molecular formula is C17H16BrFN4O2S. The van der Waals surface area contributed by atoms with Crippen molar-refractivity contribution < 1.29 is 13.9 Å². The molecule has 0 saturated heterocycles. The van der Waals surface area contributed by atoms with Gasteiger partial charge in [-0.3, -0.25) is 5.10 Å². The third-order valence-electron chi connectivity index (χ3n) is 3.70. The Morgan fingerprint density at radius 3 is 2.81 bits per heavy atom. The Morgan fingerprint density at radius 1 is 1.31 bits per heavy atom. The molecule has 0 aliphatic rings. The Bertz CT molecular complexity index is 960. The molecule has 2 aromatic carbocycles. The molecule has 3 rings (SSSR count). The van der Waals surface area contributed by atoms with Crippen molar-refractivity contribution in [2.45, 2.75) is 13.2 Å². The molecule has 0 bridgehead atoms. The summed E-state index contributed by atoms with van der Waals surface area (Å²) in [7, 11) is 1.56. The second kappa shape index (κ2) is 8.33. The van der Waals surface area contributed by atoms with Crippen LogP contribution in [0.1, 0.15) is 11.1 Å². The van der Waals surface area contributed by atoms with Crippen molar-refractivity contribution in [3.63, 3.8) is 0 Å². The highest BCUT2D eigenvalue weighted by molar-refractivity contribution is 9.10. The lowest BCUT2D eigenvalue weighted by atomic mass is 10.1. The number of methoxy groups -OCH3 is 1. The minimum atomic E-state index is -0.314. The van der Waals surface area contributed by atoms with Crippen molar-refractivity contribution >= 4 is 28.1 Å². The third-order valence-corrected chi connectivity index (χ3v) is 4.73. The second-order valence-electron chi connectivity index (χ2n) is 5.30. The van der Waals surface area contributed by atoms with Gasteiger partial charge in [-0.25, -0.2) is 9.07 Å². The Hall–Kier alpha value is -2.39. The summed E-state index contributed by atoms with van der Waals surface area (Å²) in [6, 6.07) is 10.1. The smallest absolute Gasteiger partial charge is 0.214 e. The molecule has 26 heavy (non-hydrogen) atoms. The molecule has 2 N–H and O–H groups in total. The van der Waals surface area contributed by atoms with Crippen LogP contribution in [0.25, 0.3) is 0 Å². The summed E-state index contributed by atoms with van der Waals surface area (Å²) < 4.78 is 28.0. The standard InChI is InChI=1S/C17H16BrFN4O2S/c1-24-15-7-6-13(18)12(8-21-23-10-20-22-17(23)26)16(15)25-9-11-4-2-3-5-14(11)19/h2-7,10,21H,8-9H2,1H3,(H,22,26). The fraction of sp³-hybridized carbons (Fsp3) is 0.176. The zero-order valence-electron chi connectivity index (χ0n) is 13.8. The molecule has 0 unspecified atom stereocenters. The minimum absolute atomic E-state index is 0.0810. The first-order chi connectivity index (χ1) is 12.6. The van der Waals surface area contributed by atoms with Crippen molar-refractivity contribution in [3.05, 3.63) is 68.9 Å². The Kier molecular flexibility index (Phi) is 5.89. The lowest BCUT2D eigenvalue weighted by Crippen LogP contribution is -2.15. The van der Waals surface area contributed by atoms with Crippen molar-refractivity contribution in [1.29, 1.82) is 0 Å². The first-order valence-electron chi connectivity index (χ1n) is 7.67. The van der Waals surface area contributed by atoms with Gasteiger partial charge in [0, 0.05) is 15.6 Å². The molecule has 6 nitrogen and oxygen atoms in total. The highest BCUT2D eigenvalue weighted by atomic mass is 79.9. The molecule has 0 fully saturated rings. The lowest BCUT2D eigenvalue weighted by molar-refractivity contribution is 0.276. The maximum absolute atomic E-state index is 13.9. The number of halogens is 2. The molecule has 0 atom stereocenters. The second-order valence-corrected chi connectivity index (χ2v) is 6.54. The lowest BCUT2D eigenvalue weighted by Gasteiger charge is -2.17. The number of rotatable bonds is 7. The van der Waals surface area contributed by atoms with Crippen LogP contribution in [0.2, 0.25) is 0 Å². The van der Waals surface area contributed by atoms with Gasteiger partial charge in [0.25, 0.3) is 0 Å². The van der Waals surface area contributed by atoms with Crippen LogP contribution in [0, 0.1) is 10.6 Å². The number of hydrogen-bond donors (Lipinski definition) is 2. The molecule has 136 valence electrons.